The minimum Gasteiger partial charge on any atom is -0.357 e. The molecule has 7 heteroatoms. The van der Waals surface area contributed by atoms with Crippen molar-refractivity contribution in [3.8, 4) is 0 Å². The third-order valence-corrected chi connectivity index (χ3v) is 4.20. The van der Waals surface area contributed by atoms with E-state index in [4.69, 9.17) is 0 Å². The largest absolute Gasteiger partial charge is 0.357 e. The van der Waals surface area contributed by atoms with Gasteiger partial charge in [-0.15, -0.1) is 0 Å². The molecule has 2 N–H and O–H groups in total. The van der Waals surface area contributed by atoms with E-state index < -0.39 is 0 Å². The summed E-state index contributed by atoms with van der Waals surface area (Å²) in [7, 11) is 2.09. The Morgan fingerprint density at radius 3 is 3.04 bits per heavy atom. The highest BCUT2D eigenvalue weighted by Gasteiger charge is 2.25. The molecule has 1 aromatic heterocycles. The summed E-state index contributed by atoms with van der Waals surface area (Å²) in [5.74, 6) is 1.00. The molecule has 0 radical (unpaired) electrons. The summed E-state index contributed by atoms with van der Waals surface area (Å²) in [5, 5.41) is 6.74. The van der Waals surface area contributed by atoms with E-state index in [-0.39, 0.29) is 11.9 Å². The van der Waals surface area contributed by atoms with Crippen LogP contribution >= 0.6 is 0 Å². The van der Waals surface area contributed by atoms with Crippen LogP contribution in [-0.4, -0.2) is 68.2 Å². The highest BCUT2D eigenvalue weighted by atomic mass is 19.1. The number of guanidine groups is 1. The van der Waals surface area contributed by atoms with E-state index in [1.54, 1.807) is 12.3 Å². The van der Waals surface area contributed by atoms with Crippen LogP contribution in [0.2, 0.25) is 0 Å². The summed E-state index contributed by atoms with van der Waals surface area (Å²) in [6.07, 6.45) is 2.57. The normalized spacial score (nSPS) is 18.3. The van der Waals surface area contributed by atoms with Gasteiger partial charge in [-0.05, 0) is 39.1 Å². The topological polar surface area (TPSA) is 55.8 Å². The Morgan fingerprint density at radius 1 is 1.50 bits per heavy atom. The molecule has 1 atom stereocenters. The zero-order valence-corrected chi connectivity index (χ0v) is 14.9. The molecule has 0 bridgehead atoms. The lowest BCUT2D eigenvalue weighted by atomic mass is 10.3. The standard InChI is InChI=1S/C17H29FN6/c1-4-19-17(21-10-12-23(3)5-2)22-14-8-11-24(13-14)16-15(18)7-6-9-20-16/h6-7,9,14H,4-5,8,10-13H2,1-3H3,(H2,19,21,22). The van der Waals surface area contributed by atoms with E-state index in [1.807, 2.05) is 4.90 Å². The van der Waals surface area contributed by atoms with Crippen molar-refractivity contribution < 1.29 is 4.39 Å². The molecule has 1 aromatic rings. The molecule has 1 fully saturated rings. The van der Waals surface area contributed by atoms with Crippen LogP contribution in [0.15, 0.2) is 23.3 Å². The second kappa shape index (κ2) is 9.42. The van der Waals surface area contributed by atoms with E-state index in [0.29, 0.717) is 5.82 Å². The third-order valence-electron chi connectivity index (χ3n) is 4.20. The molecule has 1 aliphatic rings. The first kappa shape index (κ1) is 18.4. The number of pyridine rings is 1. The van der Waals surface area contributed by atoms with Crippen molar-refractivity contribution in [2.24, 2.45) is 4.99 Å². The van der Waals surface area contributed by atoms with Crippen LogP contribution in [0.1, 0.15) is 20.3 Å². The monoisotopic (exact) mass is 336 g/mol. The van der Waals surface area contributed by atoms with Gasteiger partial charge in [0, 0.05) is 38.4 Å². The summed E-state index contributed by atoms with van der Waals surface area (Å²) < 4.78 is 13.9. The van der Waals surface area contributed by atoms with Crippen molar-refractivity contribution in [2.45, 2.75) is 26.3 Å². The molecule has 6 nitrogen and oxygen atoms in total. The number of halogens is 1. The van der Waals surface area contributed by atoms with E-state index in [2.05, 4.69) is 46.4 Å². The fourth-order valence-electron chi connectivity index (χ4n) is 2.68. The lowest BCUT2D eigenvalue weighted by molar-refractivity contribution is 0.363. The first-order valence-corrected chi connectivity index (χ1v) is 8.72. The molecule has 0 aromatic carbocycles. The van der Waals surface area contributed by atoms with Crippen LogP contribution in [0.5, 0.6) is 0 Å². The smallest absolute Gasteiger partial charge is 0.191 e. The van der Waals surface area contributed by atoms with Gasteiger partial charge in [0.15, 0.2) is 17.6 Å². The summed E-state index contributed by atoms with van der Waals surface area (Å²) >= 11 is 0. The molecular formula is C17H29FN6. The number of nitrogens with zero attached hydrogens (tertiary/aromatic N) is 4. The van der Waals surface area contributed by atoms with Crippen molar-refractivity contribution in [1.82, 2.24) is 20.5 Å². The van der Waals surface area contributed by atoms with Crippen molar-refractivity contribution in [1.29, 1.82) is 0 Å². The summed E-state index contributed by atoms with van der Waals surface area (Å²) in [6, 6.07) is 3.32. The molecule has 0 aliphatic carbocycles. The predicted octanol–water partition coefficient (Wildman–Crippen LogP) is 1.31. The number of hydrogen-bond donors (Lipinski definition) is 2. The van der Waals surface area contributed by atoms with Crippen LogP contribution < -0.4 is 15.5 Å². The Balaban J connectivity index is 1.89. The zero-order chi connectivity index (χ0) is 17.4. The Kier molecular flexibility index (Phi) is 7.24. The molecule has 24 heavy (non-hydrogen) atoms. The Hall–Kier alpha value is -1.89. The molecule has 1 saturated heterocycles. The summed E-state index contributed by atoms with van der Waals surface area (Å²) in [5.41, 5.74) is 0. The molecule has 1 unspecified atom stereocenters. The molecule has 0 amide bonds. The number of nitrogens with one attached hydrogen (secondary N) is 2. The van der Waals surface area contributed by atoms with Gasteiger partial charge in [-0.1, -0.05) is 6.92 Å². The molecular weight excluding hydrogens is 307 g/mol. The number of hydrogen-bond acceptors (Lipinski definition) is 4. The number of likely N-dealkylation sites (N-methyl/N-ethyl adjacent to an activating group) is 1. The maximum Gasteiger partial charge on any atom is 0.191 e. The van der Waals surface area contributed by atoms with Gasteiger partial charge in [-0.3, -0.25) is 4.99 Å². The predicted molar refractivity (Wildman–Crippen MR) is 97.1 cm³/mol. The maximum absolute atomic E-state index is 13.9. The fraction of sp³-hybridized carbons (Fsp3) is 0.647. The van der Waals surface area contributed by atoms with Gasteiger partial charge < -0.3 is 20.4 Å². The molecule has 134 valence electrons. The quantitative estimate of drug-likeness (QED) is 0.581. The van der Waals surface area contributed by atoms with Gasteiger partial charge in [0.2, 0.25) is 0 Å². The van der Waals surface area contributed by atoms with E-state index >= 15 is 0 Å². The first-order chi connectivity index (χ1) is 11.6. The van der Waals surface area contributed by atoms with Crippen LogP contribution in [0.4, 0.5) is 10.2 Å². The van der Waals surface area contributed by atoms with E-state index in [1.165, 1.54) is 6.07 Å². The first-order valence-electron chi connectivity index (χ1n) is 8.72. The van der Waals surface area contributed by atoms with E-state index in [9.17, 15) is 4.39 Å². The molecule has 1 aliphatic heterocycles. The van der Waals surface area contributed by atoms with Crippen molar-refractivity contribution >= 4 is 11.8 Å². The van der Waals surface area contributed by atoms with Gasteiger partial charge in [-0.25, -0.2) is 9.37 Å². The molecule has 0 spiro atoms. The summed E-state index contributed by atoms with van der Waals surface area (Å²) in [6.45, 7) is 9.24. The van der Waals surface area contributed by atoms with Gasteiger partial charge in [0.1, 0.15) is 0 Å². The lowest BCUT2D eigenvalue weighted by Gasteiger charge is -2.20. The molecule has 2 rings (SSSR count). The van der Waals surface area contributed by atoms with Gasteiger partial charge in [0.25, 0.3) is 0 Å². The van der Waals surface area contributed by atoms with Crippen LogP contribution in [-0.2, 0) is 0 Å². The van der Waals surface area contributed by atoms with Crippen molar-refractivity contribution in [3.63, 3.8) is 0 Å². The van der Waals surface area contributed by atoms with Crippen LogP contribution in [0.25, 0.3) is 0 Å². The third kappa shape index (κ3) is 5.33. The average Bonchev–Trinajstić information content (AvgIpc) is 3.03. The zero-order valence-electron chi connectivity index (χ0n) is 14.9. The minimum atomic E-state index is -0.263. The van der Waals surface area contributed by atoms with Crippen molar-refractivity contribution in [2.75, 3.05) is 51.2 Å². The van der Waals surface area contributed by atoms with E-state index in [0.717, 1.165) is 51.6 Å². The average molecular weight is 336 g/mol. The highest BCUT2D eigenvalue weighted by molar-refractivity contribution is 5.80. The SMILES string of the molecule is CCNC(=NCCN(C)CC)NC1CCN(c2ncccc2F)C1. The number of anilines is 1. The number of rotatable bonds is 7. The second-order valence-electron chi connectivity index (χ2n) is 6.04. The summed E-state index contributed by atoms with van der Waals surface area (Å²) in [4.78, 5) is 13.0. The van der Waals surface area contributed by atoms with Crippen molar-refractivity contribution in [3.05, 3.63) is 24.1 Å². The number of aliphatic imine (C=N–C) groups is 1. The Bertz CT molecular complexity index is 536. The Labute approximate surface area is 144 Å². The Morgan fingerprint density at radius 2 is 2.33 bits per heavy atom. The van der Waals surface area contributed by atoms with Gasteiger partial charge >= 0.3 is 0 Å². The van der Waals surface area contributed by atoms with Gasteiger partial charge in [0.05, 0.1) is 6.54 Å². The second-order valence-corrected chi connectivity index (χ2v) is 6.04. The van der Waals surface area contributed by atoms with Crippen LogP contribution in [0, 0.1) is 5.82 Å². The molecule has 2 heterocycles. The number of aromatic nitrogens is 1. The maximum atomic E-state index is 13.9. The molecule has 0 saturated carbocycles. The van der Waals surface area contributed by atoms with Gasteiger partial charge in [-0.2, -0.15) is 0 Å². The fourth-order valence-corrected chi connectivity index (χ4v) is 2.68. The highest BCUT2D eigenvalue weighted by Crippen LogP contribution is 2.20. The minimum absolute atomic E-state index is 0.244. The lowest BCUT2D eigenvalue weighted by Crippen LogP contribution is -2.45. The van der Waals surface area contributed by atoms with Crippen LogP contribution in [0.3, 0.4) is 0 Å².